The van der Waals surface area contributed by atoms with E-state index in [9.17, 15) is 14.7 Å². The Kier molecular flexibility index (Phi) is 7.37. The Labute approximate surface area is 192 Å². The van der Waals surface area contributed by atoms with Gasteiger partial charge in [-0.2, -0.15) is 0 Å². The van der Waals surface area contributed by atoms with E-state index < -0.39 is 17.7 Å². The molecule has 1 amide bonds. The smallest absolute Gasteiger partial charge is 0.295 e. The van der Waals surface area contributed by atoms with Gasteiger partial charge in [0, 0.05) is 18.8 Å². The summed E-state index contributed by atoms with van der Waals surface area (Å²) < 4.78 is 10.6. The second-order valence-electron chi connectivity index (χ2n) is 7.59. The Morgan fingerprint density at radius 2 is 1.91 bits per heavy atom. The van der Waals surface area contributed by atoms with Crippen LogP contribution in [0.1, 0.15) is 23.7 Å². The summed E-state index contributed by atoms with van der Waals surface area (Å²) in [5.74, 6) is -1.24. The number of Topliss-reactive ketones (excluding diaryl/α,β-unsaturated/α-hetero) is 1. The molecule has 2 aromatic rings. The first kappa shape index (κ1) is 23.6. The van der Waals surface area contributed by atoms with Crippen molar-refractivity contribution in [3.63, 3.8) is 0 Å². The van der Waals surface area contributed by atoms with Gasteiger partial charge in [0.1, 0.15) is 23.3 Å². The van der Waals surface area contributed by atoms with Gasteiger partial charge in [0.2, 0.25) is 0 Å². The minimum atomic E-state index is -0.830. The summed E-state index contributed by atoms with van der Waals surface area (Å²) in [5, 5.41) is 11.5. The van der Waals surface area contributed by atoms with Gasteiger partial charge in [-0.3, -0.25) is 14.6 Å². The number of amides is 1. The Balaban J connectivity index is 2.16. The second-order valence-corrected chi connectivity index (χ2v) is 8.00. The number of benzene rings is 1. The lowest BCUT2D eigenvalue weighted by atomic mass is 9.97. The number of ketones is 1. The van der Waals surface area contributed by atoms with Crippen molar-refractivity contribution in [2.75, 3.05) is 41.4 Å². The third-order valence-electron chi connectivity index (χ3n) is 5.24. The van der Waals surface area contributed by atoms with Crippen molar-refractivity contribution >= 4 is 29.1 Å². The highest BCUT2D eigenvalue weighted by Crippen LogP contribution is 2.42. The number of aromatic nitrogens is 1. The van der Waals surface area contributed by atoms with Crippen LogP contribution < -0.4 is 9.47 Å². The van der Waals surface area contributed by atoms with Gasteiger partial charge < -0.3 is 24.4 Å². The SMILES string of the molecule is COc1cc(OC)c(/C(O)=C2\C(=O)C(=O)N(CCCN(C)C)C2c2ccccn2)cc1Cl. The monoisotopic (exact) mass is 459 g/mol. The fraction of sp³-hybridized carbons (Fsp3) is 0.348. The standard InChI is InChI=1S/C23H26ClN3O5/c1-26(2)10-7-11-27-20(16-8-5-6-9-25-16)19(22(29)23(27)30)21(28)14-12-15(24)18(32-4)13-17(14)31-3/h5-6,8-9,12-13,20,28H,7,10-11H2,1-4H3/b21-19+. The minimum Gasteiger partial charge on any atom is -0.507 e. The molecule has 9 heteroatoms. The van der Waals surface area contributed by atoms with Crippen molar-refractivity contribution in [3.05, 3.63) is 58.4 Å². The highest BCUT2D eigenvalue weighted by molar-refractivity contribution is 6.46. The zero-order chi connectivity index (χ0) is 23.4. The third kappa shape index (κ3) is 4.56. The summed E-state index contributed by atoms with van der Waals surface area (Å²) in [5.41, 5.74) is 0.611. The van der Waals surface area contributed by atoms with Crippen LogP contribution in [0.5, 0.6) is 11.5 Å². The number of likely N-dealkylation sites (tertiary alicyclic amines) is 1. The molecule has 3 rings (SSSR count). The molecule has 1 atom stereocenters. The molecule has 0 saturated carbocycles. The molecule has 0 aliphatic carbocycles. The summed E-state index contributed by atoms with van der Waals surface area (Å²) in [4.78, 5) is 33.8. The Morgan fingerprint density at radius 1 is 1.19 bits per heavy atom. The number of carbonyl (C=O) groups is 2. The van der Waals surface area contributed by atoms with Crippen molar-refractivity contribution in [1.29, 1.82) is 0 Å². The van der Waals surface area contributed by atoms with Crippen molar-refractivity contribution < 1.29 is 24.2 Å². The molecule has 0 radical (unpaired) electrons. The first-order chi connectivity index (χ1) is 15.3. The van der Waals surface area contributed by atoms with Crippen LogP contribution in [0.2, 0.25) is 5.02 Å². The summed E-state index contributed by atoms with van der Waals surface area (Å²) in [6, 6.07) is 7.37. The number of hydrogen-bond donors (Lipinski definition) is 1. The molecule has 8 nitrogen and oxygen atoms in total. The normalized spacial score (nSPS) is 17.8. The molecule has 2 heterocycles. The van der Waals surface area contributed by atoms with Crippen LogP contribution in [0.4, 0.5) is 0 Å². The number of aliphatic hydroxyl groups is 1. The number of carbonyl (C=O) groups excluding carboxylic acids is 2. The van der Waals surface area contributed by atoms with E-state index in [1.165, 1.54) is 31.3 Å². The van der Waals surface area contributed by atoms with E-state index in [-0.39, 0.29) is 27.7 Å². The highest BCUT2D eigenvalue weighted by Gasteiger charge is 2.46. The number of aliphatic hydroxyl groups excluding tert-OH is 1. The van der Waals surface area contributed by atoms with Gasteiger partial charge in [0.05, 0.1) is 36.1 Å². The van der Waals surface area contributed by atoms with Crippen LogP contribution in [0.3, 0.4) is 0 Å². The van der Waals surface area contributed by atoms with E-state index in [0.717, 1.165) is 6.54 Å². The van der Waals surface area contributed by atoms with Crippen molar-refractivity contribution in [1.82, 2.24) is 14.8 Å². The molecule has 1 aliphatic rings. The highest BCUT2D eigenvalue weighted by atomic mass is 35.5. The third-order valence-corrected chi connectivity index (χ3v) is 5.54. The fourth-order valence-corrected chi connectivity index (χ4v) is 3.94. The zero-order valence-electron chi connectivity index (χ0n) is 18.5. The molecule has 1 aromatic heterocycles. The average Bonchev–Trinajstić information content (AvgIpc) is 3.03. The van der Waals surface area contributed by atoms with E-state index >= 15 is 0 Å². The van der Waals surface area contributed by atoms with Crippen molar-refractivity contribution in [2.24, 2.45) is 0 Å². The van der Waals surface area contributed by atoms with Gasteiger partial charge in [0.15, 0.2) is 0 Å². The predicted molar refractivity (Wildman–Crippen MR) is 121 cm³/mol. The van der Waals surface area contributed by atoms with Crippen LogP contribution in [-0.2, 0) is 9.59 Å². The van der Waals surface area contributed by atoms with E-state index in [2.05, 4.69) is 4.98 Å². The molecule has 1 aliphatic heterocycles. The quantitative estimate of drug-likeness (QED) is 0.368. The molecule has 0 spiro atoms. The van der Waals surface area contributed by atoms with Crippen molar-refractivity contribution in [2.45, 2.75) is 12.5 Å². The average molecular weight is 460 g/mol. The molecule has 1 aromatic carbocycles. The maximum atomic E-state index is 13.1. The van der Waals surface area contributed by atoms with Crippen molar-refractivity contribution in [3.8, 4) is 11.5 Å². The molecule has 1 unspecified atom stereocenters. The summed E-state index contributed by atoms with van der Waals surface area (Å²) in [6.45, 7) is 1.07. The largest absolute Gasteiger partial charge is 0.507 e. The van der Waals surface area contributed by atoms with Gasteiger partial charge in [-0.15, -0.1) is 0 Å². The maximum Gasteiger partial charge on any atom is 0.295 e. The number of halogens is 1. The minimum absolute atomic E-state index is 0.0573. The molecule has 1 fully saturated rings. The van der Waals surface area contributed by atoms with Crippen LogP contribution in [0.25, 0.3) is 5.76 Å². The molecule has 0 bridgehead atoms. The van der Waals surface area contributed by atoms with E-state index in [1.807, 2.05) is 19.0 Å². The topological polar surface area (TPSA) is 92.2 Å². The molecule has 32 heavy (non-hydrogen) atoms. The molecule has 170 valence electrons. The van der Waals surface area contributed by atoms with E-state index in [0.29, 0.717) is 24.4 Å². The van der Waals surface area contributed by atoms with Gasteiger partial charge in [-0.05, 0) is 45.3 Å². The molecular formula is C23H26ClN3O5. The van der Waals surface area contributed by atoms with Gasteiger partial charge in [0.25, 0.3) is 11.7 Å². The first-order valence-electron chi connectivity index (χ1n) is 10.1. The summed E-state index contributed by atoms with van der Waals surface area (Å²) in [7, 11) is 6.75. The van der Waals surface area contributed by atoms with Crippen LogP contribution >= 0.6 is 11.6 Å². The number of ether oxygens (including phenoxy) is 2. The van der Waals surface area contributed by atoms with E-state index in [4.69, 9.17) is 21.1 Å². The van der Waals surface area contributed by atoms with Gasteiger partial charge in [-0.1, -0.05) is 17.7 Å². The molecule has 1 N–H and O–H groups in total. The number of rotatable bonds is 8. The number of methoxy groups -OCH3 is 2. The lowest BCUT2D eigenvalue weighted by molar-refractivity contribution is -0.140. The van der Waals surface area contributed by atoms with Gasteiger partial charge in [-0.25, -0.2) is 0 Å². The fourth-order valence-electron chi connectivity index (χ4n) is 3.70. The Hall–Kier alpha value is -3.10. The zero-order valence-corrected chi connectivity index (χ0v) is 19.2. The van der Waals surface area contributed by atoms with Gasteiger partial charge >= 0.3 is 0 Å². The van der Waals surface area contributed by atoms with E-state index in [1.54, 1.807) is 24.4 Å². The van der Waals surface area contributed by atoms with Crippen LogP contribution in [0, 0.1) is 0 Å². The number of pyridine rings is 1. The van der Waals surface area contributed by atoms with Crippen LogP contribution in [-0.4, -0.2) is 73.0 Å². The summed E-state index contributed by atoms with van der Waals surface area (Å²) in [6.07, 6.45) is 2.24. The van der Waals surface area contributed by atoms with Crippen LogP contribution in [0.15, 0.2) is 42.1 Å². The number of hydrogen-bond acceptors (Lipinski definition) is 7. The lowest BCUT2D eigenvalue weighted by Crippen LogP contribution is -2.32. The lowest BCUT2D eigenvalue weighted by Gasteiger charge is -2.25. The summed E-state index contributed by atoms with van der Waals surface area (Å²) >= 11 is 6.26. The Morgan fingerprint density at radius 3 is 2.50 bits per heavy atom. The second kappa shape index (κ2) is 10.0. The first-order valence-corrected chi connectivity index (χ1v) is 10.4. The predicted octanol–water partition coefficient (Wildman–Crippen LogP) is 3.13. The number of nitrogens with zero attached hydrogens (tertiary/aromatic N) is 3. The maximum absolute atomic E-state index is 13.1. The molecule has 1 saturated heterocycles. The molecular weight excluding hydrogens is 434 g/mol. The Bertz CT molecular complexity index is 1040.